The highest BCUT2D eigenvalue weighted by Gasteiger charge is 2.31. The Hall–Kier alpha value is -3.09. The van der Waals surface area contributed by atoms with Crippen molar-refractivity contribution < 1.29 is 19.5 Å². The molecule has 27 heavy (non-hydrogen) atoms. The number of ketones is 1. The second kappa shape index (κ2) is 6.57. The molecule has 1 unspecified atom stereocenters. The quantitative estimate of drug-likeness (QED) is 0.825. The van der Waals surface area contributed by atoms with Crippen molar-refractivity contribution in [3.63, 3.8) is 0 Å². The first-order valence-electron chi connectivity index (χ1n) is 8.99. The van der Waals surface area contributed by atoms with Gasteiger partial charge in [-0.1, -0.05) is 13.0 Å². The van der Waals surface area contributed by atoms with Crippen LogP contribution in [0, 0.1) is 11.8 Å². The number of aliphatic carboxylic acids is 1. The summed E-state index contributed by atoms with van der Waals surface area (Å²) >= 11 is 0. The number of carbonyl (C=O) groups is 3. The number of carboxylic acid groups (broad SMARTS) is 1. The molecule has 2 aliphatic rings. The number of amides is 1. The first-order valence-corrected chi connectivity index (χ1v) is 8.99. The van der Waals surface area contributed by atoms with E-state index in [0.717, 1.165) is 32.1 Å². The lowest BCUT2D eigenvalue weighted by atomic mass is 9.93. The van der Waals surface area contributed by atoms with Gasteiger partial charge in [0.1, 0.15) is 0 Å². The SMILES string of the molecule is CC1CCN(C(=O)c2cnc3c4c(ccc3c2)C(=O)C(C(=O)O)C=N4)CC1. The van der Waals surface area contributed by atoms with Gasteiger partial charge in [-0.3, -0.25) is 24.4 Å². The molecule has 0 radical (unpaired) electrons. The summed E-state index contributed by atoms with van der Waals surface area (Å²) in [7, 11) is 0. The highest BCUT2D eigenvalue weighted by molar-refractivity contribution is 6.24. The number of Topliss-reactive ketones (excluding diaryl/α,β-unsaturated/α-hetero) is 1. The van der Waals surface area contributed by atoms with Gasteiger partial charge in [-0.25, -0.2) is 0 Å². The zero-order valence-corrected chi connectivity index (χ0v) is 14.9. The van der Waals surface area contributed by atoms with E-state index in [-0.39, 0.29) is 11.5 Å². The number of carboxylic acids is 1. The fourth-order valence-corrected chi connectivity index (χ4v) is 3.59. The lowest BCUT2D eigenvalue weighted by Gasteiger charge is -2.30. The molecule has 3 heterocycles. The van der Waals surface area contributed by atoms with E-state index in [2.05, 4.69) is 16.9 Å². The molecule has 4 rings (SSSR count). The van der Waals surface area contributed by atoms with Crippen molar-refractivity contribution >= 4 is 40.5 Å². The van der Waals surface area contributed by atoms with Gasteiger partial charge in [0.2, 0.25) is 0 Å². The van der Waals surface area contributed by atoms with E-state index in [1.165, 1.54) is 6.20 Å². The summed E-state index contributed by atoms with van der Waals surface area (Å²) in [5, 5.41) is 9.81. The summed E-state index contributed by atoms with van der Waals surface area (Å²) in [5.41, 5.74) is 1.60. The number of nitrogens with zero attached hydrogens (tertiary/aromatic N) is 3. The Morgan fingerprint density at radius 1 is 1.22 bits per heavy atom. The number of pyridine rings is 1. The van der Waals surface area contributed by atoms with Gasteiger partial charge in [-0.15, -0.1) is 0 Å². The first-order chi connectivity index (χ1) is 13.0. The minimum atomic E-state index is -1.27. The van der Waals surface area contributed by atoms with Gasteiger partial charge >= 0.3 is 5.97 Å². The van der Waals surface area contributed by atoms with Crippen LogP contribution < -0.4 is 0 Å². The summed E-state index contributed by atoms with van der Waals surface area (Å²) in [6, 6.07) is 5.01. The summed E-state index contributed by atoms with van der Waals surface area (Å²) in [5.74, 6) is -2.39. The number of aliphatic imine (C=N–C) groups is 1. The Morgan fingerprint density at radius 2 is 1.96 bits per heavy atom. The fraction of sp³-hybridized carbons (Fsp3) is 0.350. The molecule has 1 atom stereocenters. The highest BCUT2D eigenvalue weighted by atomic mass is 16.4. The standard InChI is InChI=1S/C20H19N3O4/c1-11-4-6-23(7-5-11)19(25)13-8-12-2-3-14-17(16(12)21-9-13)22-10-15(18(14)24)20(26)27/h2-3,8-11,15H,4-7H2,1H3,(H,26,27). The minimum Gasteiger partial charge on any atom is -0.480 e. The fourth-order valence-electron chi connectivity index (χ4n) is 3.59. The van der Waals surface area contributed by atoms with Crippen molar-refractivity contribution in [2.45, 2.75) is 19.8 Å². The number of piperidine rings is 1. The summed E-state index contributed by atoms with van der Waals surface area (Å²) in [6.45, 7) is 3.69. The summed E-state index contributed by atoms with van der Waals surface area (Å²) in [4.78, 5) is 46.6. The van der Waals surface area contributed by atoms with Crippen LogP contribution in [0.5, 0.6) is 0 Å². The van der Waals surface area contributed by atoms with E-state index in [1.54, 1.807) is 18.2 Å². The lowest BCUT2D eigenvalue weighted by molar-refractivity contribution is -0.137. The third kappa shape index (κ3) is 2.99. The van der Waals surface area contributed by atoms with Crippen molar-refractivity contribution in [1.29, 1.82) is 0 Å². The number of aromatic nitrogens is 1. The molecule has 1 N–H and O–H groups in total. The molecule has 2 aromatic rings. The number of rotatable bonds is 2. The molecule has 0 aliphatic carbocycles. The van der Waals surface area contributed by atoms with E-state index >= 15 is 0 Å². The van der Waals surface area contributed by atoms with Crippen LogP contribution in [0.1, 0.15) is 40.5 Å². The van der Waals surface area contributed by atoms with Crippen LogP contribution in [0.25, 0.3) is 10.9 Å². The van der Waals surface area contributed by atoms with E-state index in [1.807, 2.05) is 4.90 Å². The second-order valence-corrected chi connectivity index (χ2v) is 7.19. The second-order valence-electron chi connectivity index (χ2n) is 7.19. The number of carbonyl (C=O) groups excluding carboxylic acids is 2. The average molecular weight is 365 g/mol. The number of benzene rings is 1. The first kappa shape index (κ1) is 17.3. The molecule has 0 bridgehead atoms. The Labute approximate surface area is 155 Å². The molecule has 138 valence electrons. The number of hydrogen-bond acceptors (Lipinski definition) is 5. The Morgan fingerprint density at radius 3 is 2.67 bits per heavy atom. The van der Waals surface area contributed by atoms with Crippen LogP contribution in [0.2, 0.25) is 0 Å². The summed E-state index contributed by atoms with van der Waals surface area (Å²) < 4.78 is 0. The monoisotopic (exact) mass is 365 g/mol. The normalized spacial score (nSPS) is 20.0. The molecular weight excluding hydrogens is 346 g/mol. The van der Waals surface area contributed by atoms with Gasteiger partial charge in [-0.2, -0.15) is 0 Å². The zero-order chi connectivity index (χ0) is 19.1. The molecule has 1 aromatic carbocycles. The van der Waals surface area contributed by atoms with Gasteiger partial charge in [0.15, 0.2) is 11.7 Å². The molecule has 1 aromatic heterocycles. The maximum Gasteiger partial charge on any atom is 0.319 e. The summed E-state index contributed by atoms with van der Waals surface area (Å²) in [6.07, 6.45) is 4.65. The molecule has 1 saturated heterocycles. The molecular formula is C20H19N3O4. The predicted molar refractivity (Wildman–Crippen MR) is 99.7 cm³/mol. The Balaban J connectivity index is 1.68. The van der Waals surface area contributed by atoms with Crippen molar-refractivity contribution in [2.24, 2.45) is 16.8 Å². The van der Waals surface area contributed by atoms with E-state index in [0.29, 0.717) is 28.1 Å². The van der Waals surface area contributed by atoms with E-state index in [9.17, 15) is 14.4 Å². The minimum absolute atomic E-state index is 0.0421. The molecule has 0 saturated carbocycles. The van der Waals surface area contributed by atoms with Crippen molar-refractivity contribution in [1.82, 2.24) is 9.88 Å². The van der Waals surface area contributed by atoms with E-state index < -0.39 is 17.7 Å². The van der Waals surface area contributed by atoms with Gasteiger partial charge in [0, 0.05) is 36.5 Å². The van der Waals surface area contributed by atoms with Crippen LogP contribution >= 0.6 is 0 Å². The van der Waals surface area contributed by atoms with E-state index in [4.69, 9.17) is 5.11 Å². The lowest BCUT2D eigenvalue weighted by Crippen LogP contribution is -2.37. The highest BCUT2D eigenvalue weighted by Crippen LogP contribution is 2.33. The molecule has 1 fully saturated rings. The van der Waals surface area contributed by atoms with Gasteiger partial charge in [-0.05, 0) is 30.9 Å². The van der Waals surface area contributed by atoms with Crippen LogP contribution in [0.3, 0.4) is 0 Å². The largest absolute Gasteiger partial charge is 0.480 e. The zero-order valence-electron chi connectivity index (χ0n) is 14.9. The molecule has 7 heteroatoms. The third-order valence-electron chi connectivity index (χ3n) is 5.31. The maximum absolute atomic E-state index is 12.7. The number of hydrogen-bond donors (Lipinski definition) is 1. The van der Waals surface area contributed by atoms with Crippen LogP contribution in [0.4, 0.5) is 5.69 Å². The third-order valence-corrected chi connectivity index (χ3v) is 5.31. The van der Waals surface area contributed by atoms with Gasteiger partial charge in [0.25, 0.3) is 5.91 Å². The number of likely N-dealkylation sites (tertiary alicyclic amines) is 1. The van der Waals surface area contributed by atoms with Gasteiger partial charge in [0.05, 0.1) is 16.8 Å². The smallest absolute Gasteiger partial charge is 0.319 e. The molecule has 0 spiro atoms. The van der Waals surface area contributed by atoms with Crippen LogP contribution in [0.15, 0.2) is 29.4 Å². The number of fused-ring (bicyclic) bond motifs is 3. The predicted octanol–water partition coefficient (Wildman–Crippen LogP) is 2.71. The van der Waals surface area contributed by atoms with Crippen LogP contribution in [-0.2, 0) is 4.79 Å². The topological polar surface area (TPSA) is 99.9 Å². The Bertz CT molecular complexity index is 990. The van der Waals surface area contributed by atoms with Crippen molar-refractivity contribution in [2.75, 3.05) is 13.1 Å². The Kier molecular flexibility index (Phi) is 4.22. The maximum atomic E-state index is 12.7. The molecule has 1 amide bonds. The van der Waals surface area contributed by atoms with Crippen molar-refractivity contribution in [3.05, 3.63) is 35.5 Å². The molecule has 7 nitrogen and oxygen atoms in total. The van der Waals surface area contributed by atoms with Crippen LogP contribution in [-0.4, -0.2) is 52.0 Å². The molecule has 2 aliphatic heterocycles. The van der Waals surface area contributed by atoms with Gasteiger partial charge < -0.3 is 10.0 Å². The van der Waals surface area contributed by atoms with Crippen molar-refractivity contribution in [3.8, 4) is 0 Å². The average Bonchev–Trinajstić information content (AvgIpc) is 2.67.